The summed E-state index contributed by atoms with van der Waals surface area (Å²) in [5.74, 6) is -0.563. The van der Waals surface area contributed by atoms with Crippen LogP contribution in [0.3, 0.4) is 0 Å². The van der Waals surface area contributed by atoms with Crippen molar-refractivity contribution in [2.75, 3.05) is 14.2 Å². The molecule has 2 aromatic heterocycles. The minimum Gasteiger partial charge on any atom is -0.496 e. The van der Waals surface area contributed by atoms with Gasteiger partial charge in [-0.25, -0.2) is 9.59 Å². The number of esters is 1. The van der Waals surface area contributed by atoms with E-state index < -0.39 is 11.9 Å². The Hall–Kier alpha value is -3.62. The lowest BCUT2D eigenvalue weighted by Crippen LogP contribution is -2.10. The van der Waals surface area contributed by atoms with Crippen molar-refractivity contribution in [2.45, 2.75) is 48.1 Å². The molecule has 1 aliphatic rings. The maximum absolute atomic E-state index is 12.9. The first-order valence-corrected chi connectivity index (χ1v) is 14.5. The zero-order chi connectivity index (χ0) is 28.9. The monoisotopic (exact) mass is 566 g/mol. The molecule has 2 aromatic carbocycles. The van der Waals surface area contributed by atoms with Crippen molar-refractivity contribution < 1.29 is 28.9 Å². The summed E-state index contributed by atoms with van der Waals surface area (Å²) in [6.45, 7) is 12.5. The number of carbonyl (C=O) groups excluding carboxylic acids is 1. The molecule has 206 valence electrons. The van der Waals surface area contributed by atoms with Crippen LogP contribution in [0.25, 0.3) is 32.0 Å². The fraction of sp³-hybridized carbons (Fsp3) is 0.290. The highest BCUT2D eigenvalue weighted by Gasteiger charge is 2.29. The summed E-state index contributed by atoms with van der Waals surface area (Å²) >= 11 is 3.15. The number of fused-ring (bicyclic) bond motifs is 3. The van der Waals surface area contributed by atoms with Crippen LogP contribution < -0.4 is 9.47 Å². The highest BCUT2D eigenvalue weighted by molar-refractivity contribution is 7.16. The normalized spacial score (nSPS) is 11.0. The Balaban J connectivity index is 0.00000100. The summed E-state index contributed by atoms with van der Waals surface area (Å²) in [7, 11) is 2.85. The van der Waals surface area contributed by atoms with E-state index in [1.807, 2.05) is 45.2 Å². The third kappa shape index (κ3) is 5.58. The molecular weight excluding hydrogens is 532 g/mol. The fourth-order valence-corrected chi connectivity index (χ4v) is 6.30. The number of carboxylic acid groups (broad SMARTS) is 1. The SMILES string of the molecule is CC.CC.COC(=O)c1cc2c(cc1-c1cc(OC)c(-c3cccs3)cc1C(=O)O)OCc1c-2sc(C)c1C. The summed E-state index contributed by atoms with van der Waals surface area (Å²) < 4.78 is 16.8. The average Bonchev–Trinajstić information content (AvgIpc) is 3.61. The van der Waals surface area contributed by atoms with Gasteiger partial charge in [-0.05, 0) is 55.1 Å². The van der Waals surface area contributed by atoms with Crippen LogP contribution in [0.15, 0.2) is 41.8 Å². The zero-order valence-electron chi connectivity index (χ0n) is 23.6. The van der Waals surface area contributed by atoms with Gasteiger partial charge in [0, 0.05) is 42.4 Å². The molecular formula is C31H34O6S2. The number of hydrogen-bond acceptors (Lipinski definition) is 7. The molecule has 8 heteroatoms. The van der Waals surface area contributed by atoms with Crippen LogP contribution in [0.2, 0.25) is 0 Å². The third-order valence-electron chi connectivity index (χ3n) is 6.30. The Morgan fingerprint density at radius 1 is 0.923 bits per heavy atom. The second-order valence-electron chi connectivity index (χ2n) is 8.15. The van der Waals surface area contributed by atoms with E-state index in [2.05, 4.69) is 13.8 Å². The van der Waals surface area contributed by atoms with Crippen molar-refractivity contribution >= 4 is 34.6 Å². The van der Waals surface area contributed by atoms with Gasteiger partial charge in [0.25, 0.3) is 0 Å². The first-order chi connectivity index (χ1) is 18.8. The van der Waals surface area contributed by atoms with Crippen LogP contribution in [0.4, 0.5) is 0 Å². The smallest absolute Gasteiger partial charge is 0.338 e. The number of thiophene rings is 2. The van der Waals surface area contributed by atoms with Gasteiger partial charge >= 0.3 is 11.9 Å². The van der Waals surface area contributed by atoms with Crippen molar-refractivity contribution in [2.24, 2.45) is 0 Å². The summed E-state index contributed by atoms with van der Waals surface area (Å²) in [6, 6.07) is 10.5. The van der Waals surface area contributed by atoms with Crippen LogP contribution in [-0.2, 0) is 11.3 Å². The maximum atomic E-state index is 12.9. The van der Waals surface area contributed by atoms with Gasteiger partial charge in [0.2, 0.25) is 0 Å². The van der Waals surface area contributed by atoms with E-state index in [0.29, 0.717) is 34.8 Å². The second kappa shape index (κ2) is 13.0. The van der Waals surface area contributed by atoms with E-state index in [4.69, 9.17) is 14.2 Å². The quantitative estimate of drug-likeness (QED) is 0.243. The van der Waals surface area contributed by atoms with E-state index in [9.17, 15) is 14.7 Å². The Labute approximate surface area is 237 Å². The predicted molar refractivity (Wildman–Crippen MR) is 160 cm³/mol. The molecule has 0 radical (unpaired) electrons. The first-order valence-electron chi connectivity index (χ1n) is 12.8. The van der Waals surface area contributed by atoms with Crippen LogP contribution >= 0.6 is 22.7 Å². The molecule has 0 aliphatic carbocycles. The maximum Gasteiger partial charge on any atom is 0.338 e. The lowest BCUT2D eigenvalue weighted by molar-refractivity contribution is 0.0600. The van der Waals surface area contributed by atoms with Crippen LogP contribution in [-0.4, -0.2) is 31.3 Å². The van der Waals surface area contributed by atoms with Crippen LogP contribution in [0, 0.1) is 13.8 Å². The van der Waals surface area contributed by atoms with Crippen molar-refractivity contribution in [3.63, 3.8) is 0 Å². The van der Waals surface area contributed by atoms with Crippen molar-refractivity contribution in [3.8, 4) is 43.5 Å². The summed E-state index contributed by atoms with van der Waals surface area (Å²) in [4.78, 5) is 28.4. The molecule has 6 nitrogen and oxygen atoms in total. The molecule has 0 spiro atoms. The van der Waals surface area contributed by atoms with E-state index in [1.54, 1.807) is 35.6 Å². The summed E-state index contributed by atoms with van der Waals surface area (Å²) in [5.41, 5.74) is 4.85. The molecule has 1 aliphatic heterocycles. The first kappa shape index (κ1) is 29.9. The van der Waals surface area contributed by atoms with Crippen LogP contribution in [0.1, 0.15) is 64.4 Å². The molecule has 0 saturated heterocycles. The Morgan fingerprint density at radius 2 is 1.59 bits per heavy atom. The standard InChI is InChI=1S/C27H22O6S2.2C2H6/c1-13-14(2)35-25-20-9-18(27(30)32-4)16(11-23(20)33-12-21(13)25)15-10-22(31-3)19(8-17(15)26(28)29)24-6-5-7-34-24;2*1-2/h5-11H,12H2,1-4H3,(H,28,29);2*1-2H3. The van der Waals surface area contributed by atoms with Gasteiger partial charge in [-0.2, -0.15) is 0 Å². The number of aryl methyl sites for hydroxylation is 1. The Kier molecular flexibility index (Phi) is 9.94. The van der Waals surface area contributed by atoms with Gasteiger partial charge in [0.05, 0.1) is 25.3 Å². The molecule has 4 aromatic rings. The summed E-state index contributed by atoms with van der Waals surface area (Å²) in [5, 5.41) is 12.0. The predicted octanol–water partition coefficient (Wildman–Crippen LogP) is 8.87. The molecule has 0 bridgehead atoms. The van der Waals surface area contributed by atoms with E-state index >= 15 is 0 Å². The van der Waals surface area contributed by atoms with Gasteiger partial charge in [-0.15, -0.1) is 22.7 Å². The van der Waals surface area contributed by atoms with Gasteiger partial charge in [-0.3, -0.25) is 0 Å². The Bertz CT molecular complexity index is 1480. The molecule has 39 heavy (non-hydrogen) atoms. The molecule has 0 unspecified atom stereocenters. The largest absolute Gasteiger partial charge is 0.496 e. The van der Waals surface area contributed by atoms with Crippen molar-refractivity contribution in [1.82, 2.24) is 0 Å². The zero-order valence-corrected chi connectivity index (χ0v) is 25.2. The Morgan fingerprint density at radius 3 is 2.18 bits per heavy atom. The topological polar surface area (TPSA) is 82.1 Å². The van der Waals surface area contributed by atoms with Crippen molar-refractivity contribution in [3.05, 3.63) is 68.9 Å². The fourth-order valence-electron chi connectivity index (χ4n) is 4.37. The van der Waals surface area contributed by atoms with E-state index in [-0.39, 0.29) is 11.1 Å². The molecule has 0 fully saturated rings. The number of benzene rings is 2. The molecule has 0 amide bonds. The number of rotatable bonds is 5. The van der Waals surface area contributed by atoms with Gasteiger partial charge in [0.1, 0.15) is 18.1 Å². The highest BCUT2D eigenvalue weighted by atomic mass is 32.1. The highest BCUT2D eigenvalue weighted by Crippen LogP contribution is 2.48. The number of ether oxygens (including phenoxy) is 3. The average molecular weight is 567 g/mol. The van der Waals surface area contributed by atoms with Gasteiger partial charge in [-0.1, -0.05) is 33.8 Å². The molecule has 3 heterocycles. The van der Waals surface area contributed by atoms with Gasteiger partial charge in [0.15, 0.2) is 0 Å². The lowest BCUT2D eigenvalue weighted by atomic mass is 9.90. The number of methoxy groups -OCH3 is 2. The second-order valence-corrected chi connectivity index (χ2v) is 10.3. The van der Waals surface area contributed by atoms with Crippen molar-refractivity contribution in [1.29, 1.82) is 0 Å². The van der Waals surface area contributed by atoms with E-state index in [1.165, 1.54) is 36.0 Å². The molecule has 0 atom stereocenters. The molecule has 1 N–H and O–H groups in total. The lowest BCUT2D eigenvalue weighted by Gasteiger charge is -2.22. The third-order valence-corrected chi connectivity index (χ3v) is 8.48. The van der Waals surface area contributed by atoms with Gasteiger partial charge < -0.3 is 19.3 Å². The number of carboxylic acids is 1. The summed E-state index contributed by atoms with van der Waals surface area (Å²) in [6.07, 6.45) is 0. The number of aromatic carboxylic acids is 1. The number of hydrogen-bond donors (Lipinski definition) is 1. The molecule has 0 saturated carbocycles. The van der Waals surface area contributed by atoms with E-state index in [0.717, 1.165) is 20.9 Å². The number of carbonyl (C=O) groups is 2. The minimum absolute atomic E-state index is 0.0543. The molecule has 5 rings (SSSR count). The van der Waals surface area contributed by atoms with Crippen LogP contribution in [0.5, 0.6) is 11.5 Å². The minimum atomic E-state index is -1.11.